The predicted molar refractivity (Wildman–Crippen MR) is 76.1 cm³/mol. The fraction of sp³-hybridized carbons (Fsp3) is 0.636. The lowest BCUT2D eigenvalue weighted by molar-refractivity contribution is -0.0256. The Morgan fingerprint density at radius 3 is 3.00 bits per heavy atom. The molecule has 0 aliphatic carbocycles. The highest BCUT2D eigenvalue weighted by Crippen LogP contribution is 2.23. The van der Waals surface area contributed by atoms with Crippen molar-refractivity contribution in [1.29, 1.82) is 0 Å². The molecule has 0 amide bonds. The van der Waals surface area contributed by atoms with Crippen molar-refractivity contribution in [2.75, 3.05) is 39.6 Å². The van der Waals surface area contributed by atoms with E-state index < -0.39 is 0 Å². The van der Waals surface area contributed by atoms with E-state index in [0.717, 1.165) is 22.4 Å². The van der Waals surface area contributed by atoms with Crippen LogP contribution in [-0.2, 0) is 16.1 Å². The van der Waals surface area contributed by atoms with Crippen molar-refractivity contribution in [1.82, 2.24) is 14.9 Å². The van der Waals surface area contributed by atoms with Crippen LogP contribution < -0.4 is 5.73 Å². The van der Waals surface area contributed by atoms with E-state index in [4.69, 9.17) is 15.2 Å². The summed E-state index contributed by atoms with van der Waals surface area (Å²) in [4.78, 5) is 11.0. The molecular weight excluding hydrogens is 347 g/mol. The van der Waals surface area contributed by atoms with Gasteiger partial charge in [0.05, 0.1) is 22.5 Å². The van der Waals surface area contributed by atoms with Crippen LogP contribution in [0.5, 0.6) is 0 Å². The van der Waals surface area contributed by atoms with Crippen molar-refractivity contribution in [2.45, 2.75) is 12.7 Å². The molecule has 18 heavy (non-hydrogen) atoms. The zero-order valence-electron chi connectivity index (χ0n) is 10.5. The number of hydrogen-bond acceptors (Lipinski definition) is 6. The smallest absolute Gasteiger partial charge is 0.161 e. The predicted octanol–water partition coefficient (Wildman–Crippen LogP) is 0.813. The Morgan fingerprint density at radius 2 is 2.33 bits per heavy atom. The van der Waals surface area contributed by atoms with Gasteiger partial charge in [-0.2, -0.15) is 0 Å². The van der Waals surface area contributed by atoms with E-state index in [1.807, 2.05) is 0 Å². The number of nitrogens with two attached hydrogens (primary N) is 1. The Bertz CT molecular complexity index is 430. The Kier molecular flexibility index (Phi) is 4.71. The van der Waals surface area contributed by atoms with Gasteiger partial charge in [0.1, 0.15) is 11.9 Å². The molecule has 0 radical (unpaired) electrons. The van der Waals surface area contributed by atoms with E-state index in [0.29, 0.717) is 24.9 Å². The van der Waals surface area contributed by atoms with Gasteiger partial charge < -0.3 is 20.1 Å². The molecule has 1 aromatic rings. The molecule has 0 spiro atoms. The van der Waals surface area contributed by atoms with Gasteiger partial charge in [-0.3, -0.25) is 0 Å². The third-order valence-corrected chi connectivity index (χ3v) is 3.98. The van der Waals surface area contributed by atoms with E-state index in [1.54, 1.807) is 7.11 Å². The summed E-state index contributed by atoms with van der Waals surface area (Å²) in [6.45, 7) is 2.84. The summed E-state index contributed by atoms with van der Waals surface area (Å²) in [5.74, 6) is 1.14. The second kappa shape index (κ2) is 6.09. The lowest BCUT2D eigenvalue weighted by Crippen LogP contribution is -2.36. The van der Waals surface area contributed by atoms with Gasteiger partial charge in [-0.1, -0.05) is 0 Å². The Morgan fingerprint density at radius 1 is 1.56 bits per heavy atom. The fourth-order valence-corrected chi connectivity index (χ4v) is 2.24. The minimum Gasteiger partial charge on any atom is -0.383 e. The van der Waals surface area contributed by atoms with Crippen LogP contribution in [0.25, 0.3) is 0 Å². The maximum Gasteiger partial charge on any atom is 0.161 e. The van der Waals surface area contributed by atoms with Crippen molar-refractivity contribution >= 4 is 28.4 Å². The van der Waals surface area contributed by atoms with Crippen LogP contribution in [0.4, 0.5) is 5.82 Å². The molecule has 1 aliphatic heterocycles. The summed E-state index contributed by atoms with van der Waals surface area (Å²) in [6.07, 6.45) is -0.112. The third kappa shape index (κ3) is 3.08. The van der Waals surface area contributed by atoms with Crippen LogP contribution in [0.3, 0.4) is 0 Å². The number of morpholine rings is 1. The Balaban J connectivity index is 2.27. The standard InChI is InChI=1S/C11H17IN4O2/c1-16-3-4-18-8(5-16)11-14-7(6-17-2)9(12)10(13)15-11/h8H,3-6H2,1-2H3,(H2,13,14,15). The third-order valence-electron chi connectivity index (χ3n) is 2.80. The van der Waals surface area contributed by atoms with Gasteiger partial charge in [-0.25, -0.2) is 9.97 Å². The van der Waals surface area contributed by atoms with E-state index in [9.17, 15) is 0 Å². The van der Waals surface area contributed by atoms with Gasteiger partial charge in [0.2, 0.25) is 0 Å². The molecule has 2 rings (SSSR count). The van der Waals surface area contributed by atoms with E-state index in [-0.39, 0.29) is 6.10 Å². The van der Waals surface area contributed by atoms with Gasteiger partial charge in [-0.05, 0) is 29.6 Å². The maximum atomic E-state index is 5.91. The molecule has 7 heteroatoms. The molecule has 1 saturated heterocycles. The lowest BCUT2D eigenvalue weighted by atomic mass is 10.2. The first-order valence-electron chi connectivity index (χ1n) is 5.72. The summed E-state index contributed by atoms with van der Waals surface area (Å²) in [6, 6.07) is 0. The number of aromatic nitrogens is 2. The molecule has 0 bridgehead atoms. The first-order valence-corrected chi connectivity index (χ1v) is 6.80. The fourth-order valence-electron chi connectivity index (χ4n) is 1.84. The first kappa shape index (κ1) is 13.9. The number of anilines is 1. The number of halogens is 1. The van der Waals surface area contributed by atoms with Gasteiger partial charge in [0.15, 0.2) is 5.82 Å². The average molecular weight is 364 g/mol. The molecule has 1 aliphatic rings. The normalized spacial score (nSPS) is 21.2. The van der Waals surface area contributed by atoms with Gasteiger partial charge in [0, 0.05) is 20.2 Å². The van der Waals surface area contributed by atoms with Crippen molar-refractivity contribution < 1.29 is 9.47 Å². The minimum atomic E-state index is -0.112. The topological polar surface area (TPSA) is 73.5 Å². The summed E-state index contributed by atoms with van der Waals surface area (Å²) in [5, 5.41) is 0. The van der Waals surface area contributed by atoms with Crippen LogP contribution in [-0.4, -0.2) is 48.7 Å². The number of hydrogen-bond donors (Lipinski definition) is 1. The van der Waals surface area contributed by atoms with Gasteiger partial charge in [0.25, 0.3) is 0 Å². The minimum absolute atomic E-state index is 0.112. The SMILES string of the molecule is COCc1nc(C2CN(C)CCO2)nc(N)c1I. The van der Waals surface area contributed by atoms with E-state index >= 15 is 0 Å². The summed E-state index contributed by atoms with van der Waals surface area (Å²) >= 11 is 2.14. The summed E-state index contributed by atoms with van der Waals surface area (Å²) in [5.41, 5.74) is 6.73. The highest BCUT2D eigenvalue weighted by molar-refractivity contribution is 14.1. The Labute approximate surface area is 120 Å². The average Bonchev–Trinajstić information content (AvgIpc) is 2.35. The van der Waals surface area contributed by atoms with E-state index in [1.165, 1.54) is 0 Å². The molecule has 100 valence electrons. The molecule has 2 heterocycles. The Hall–Kier alpha value is -0.510. The highest BCUT2D eigenvalue weighted by Gasteiger charge is 2.23. The highest BCUT2D eigenvalue weighted by atomic mass is 127. The lowest BCUT2D eigenvalue weighted by Gasteiger charge is -2.29. The number of nitrogen functional groups attached to an aromatic ring is 1. The molecule has 2 N–H and O–H groups in total. The van der Waals surface area contributed by atoms with Crippen LogP contribution in [0.15, 0.2) is 0 Å². The summed E-state index contributed by atoms with van der Waals surface area (Å²) in [7, 11) is 3.70. The zero-order chi connectivity index (χ0) is 13.1. The number of methoxy groups -OCH3 is 1. The molecule has 1 unspecified atom stereocenters. The van der Waals surface area contributed by atoms with Crippen molar-refractivity contribution in [3.63, 3.8) is 0 Å². The number of nitrogens with zero attached hydrogens (tertiary/aromatic N) is 3. The zero-order valence-corrected chi connectivity index (χ0v) is 12.7. The van der Waals surface area contributed by atoms with Crippen LogP contribution in [0.2, 0.25) is 0 Å². The molecular formula is C11H17IN4O2. The van der Waals surface area contributed by atoms with Gasteiger partial charge >= 0.3 is 0 Å². The van der Waals surface area contributed by atoms with Crippen molar-refractivity contribution in [3.8, 4) is 0 Å². The van der Waals surface area contributed by atoms with Crippen LogP contribution in [0, 0.1) is 3.57 Å². The molecule has 0 saturated carbocycles. The molecule has 0 aromatic carbocycles. The van der Waals surface area contributed by atoms with Crippen LogP contribution >= 0.6 is 22.6 Å². The largest absolute Gasteiger partial charge is 0.383 e. The van der Waals surface area contributed by atoms with Crippen LogP contribution in [0.1, 0.15) is 17.6 Å². The number of ether oxygens (including phenoxy) is 2. The molecule has 6 nitrogen and oxygen atoms in total. The molecule has 1 aromatic heterocycles. The van der Waals surface area contributed by atoms with Gasteiger partial charge in [-0.15, -0.1) is 0 Å². The maximum absolute atomic E-state index is 5.91. The molecule has 1 atom stereocenters. The van der Waals surface area contributed by atoms with E-state index in [2.05, 4.69) is 44.5 Å². The monoisotopic (exact) mass is 364 g/mol. The second-order valence-corrected chi connectivity index (χ2v) is 5.36. The summed E-state index contributed by atoms with van der Waals surface area (Å²) < 4.78 is 11.7. The first-order chi connectivity index (χ1) is 8.61. The second-order valence-electron chi connectivity index (χ2n) is 4.28. The number of rotatable bonds is 3. The van der Waals surface area contributed by atoms with Crippen molar-refractivity contribution in [2.24, 2.45) is 0 Å². The quantitative estimate of drug-likeness (QED) is 0.801. The number of likely N-dealkylation sites (N-methyl/N-ethyl adjacent to an activating group) is 1. The molecule has 1 fully saturated rings. The van der Waals surface area contributed by atoms with Crippen molar-refractivity contribution in [3.05, 3.63) is 15.1 Å².